The lowest BCUT2D eigenvalue weighted by atomic mass is 10.1. The summed E-state index contributed by atoms with van der Waals surface area (Å²) in [6.07, 6.45) is 0.811. The number of anilines is 1. The highest BCUT2D eigenvalue weighted by molar-refractivity contribution is 7.13. The molecule has 0 radical (unpaired) electrons. The maximum atomic E-state index is 13.8. The Balaban J connectivity index is 1.38. The van der Waals surface area contributed by atoms with Gasteiger partial charge in [0.15, 0.2) is 17.4 Å². The third-order valence-corrected chi connectivity index (χ3v) is 5.52. The molecule has 1 amide bonds. The second kappa shape index (κ2) is 7.40. The van der Waals surface area contributed by atoms with Crippen molar-refractivity contribution in [2.45, 2.75) is 12.5 Å². The minimum atomic E-state index is -0.546. The van der Waals surface area contributed by atoms with E-state index in [1.807, 2.05) is 23.6 Å². The van der Waals surface area contributed by atoms with Gasteiger partial charge in [0.2, 0.25) is 0 Å². The highest BCUT2D eigenvalue weighted by Gasteiger charge is 2.26. The molecule has 0 saturated carbocycles. The van der Waals surface area contributed by atoms with Gasteiger partial charge in [-0.3, -0.25) is 9.89 Å². The summed E-state index contributed by atoms with van der Waals surface area (Å²) in [5, 5.41) is 12.4. The first-order valence-electron chi connectivity index (χ1n) is 8.62. The van der Waals surface area contributed by atoms with E-state index in [4.69, 9.17) is 4.74 Å². The zero-order valence-corrected chi connectivity index (χ0v) is 15.6. The number of benzene rings is 1. The molecular formula is C19H19FN4O2S. The molecule has 6 nitrogen and oxygen atoms in total. The van der Waals surface area contributed by atoms with Gasteiger partial charge in [-0.2, -0.15) is 5.10 Å². The Kier molecular flexibility index (Phi) is 4.81. The lowest BCUT2D eigenvalue weighted by molar-refractivity contribution is 0.0940. The van der Waals surface area contributed by atoms with E-state index in [0.717, 1.165) is 29.4 Å². The predicted octanol–water partition coefficient (Wildman–Crippen LogP) is 3.29. The molecular weight excluding hydrogens is 367 g/mol. The van der Waals surface area contributed by atoms with Gasteiger partial charge in [-0.05, 0) is 36.1 Å². The number of nitrogens with one attached hydrogen (secondary N) is 2. The predicted molar refractivity (Wildman–Crippen MR) is 103 cm³/mol. The van der Waals surface area contributed by atoms with Gasteiger partial charge in [-0.25, -0.2) is 4.39 Å². The number of nitrogens with zero attached hydrogens (tertiary/aromatic N) is 2. The maximum absolute atomic E-state index is 13.8. The maximum Gasteiger partial charge on any atom is 0.251 e. The van der Waals surface area contributed by atoms with E-state index in [-0.39, 0.29) is 23.3 Å². The molecule has 1 aliphatic heterocycles. The zero-order valence-electron chi connectivity index (χ0n) is 14.7. The summed E-state index contributed by atoms with van der Waals surface area (Å²) in [5.74, 6) is 0.157. The molecule has 0 bridgehead atoms. The van der Waals surface area contributed by atoms with Gasteiger partial charge in [0.05, 0.1) is 17.7 Å². The third kappa shape index (κ3) is 3.66. The fourth-order valence-electron chi connectivity index (χ4n) is 3.19. The van der Waals surface area contributed by atoms with Crippen LogP contribution < -0.4 is 15.0 Å². The van der Waals surface area contributed by atoms with Crippen LogP contribution in [0.1, 0.15) is 16.8 Å². The van der Waals surface area contributed by atoms with E-state index in [1.54, 1.807) is 17.4 Å². The Morgan fingerprint density at radius 1 is 1.41 bits per heavy atom. The lowest BCUT2D eigenvalue weighted by Gasteiger charge is -2.16. The molecule has 1 atom stereocenters. The number of aromatic nitrogens is 2. The van der Waals surface area contributed by atoms with E-state index in [9.17, 15) is 9.18 Å². The van der Waals surface area contributed by atoms with Crippen molar-refractivity contribution >= 4 is 23.1 Å². The summed E-state index contributed by atoms with van der Waals surface area (Å²) in [5.41, 5.74) is 1.27. The molecule has 3 aromatic rings. The average Bonchev–Trinajstić information content (AvgIpc) is 3.41. The minimum Gasteiger partial charge on any atom is -0.494 e. The van der Waals surface area contributed by atoms with Gasteiger partial charge >= 0.3 is 0 Å². The molecule has 1 saturated heterocycles. The second-order valence-electron chi connectivity index (χ2n) is 6.37. The molecule has 1 aliphatic rings. The van der Waals surface area contributed by atoms with Crippen LogP contribution in [0.15, 0.2) is 41.8 Å². The molecule has 1 aromatic carbocycles. The fraction of sp³-hybridized carbons (Fsp3) is 0.263. The Morgan fingerprint density at radius 2 is 2.30 bits per heavy atom. The molecule has 0 spiro atoms. The summed E-state index contributed by atoms with van der Waals surface area (Å²) in [6.45, 7) is 1.47. The molecule has 4 rings (SSSR count). The zero-order chi connectivity index (χ0) is 18.8. The molecule has 3 heterocycles. The van der Waals surface area contributed by atoms with E-state index >= 15 is 0 Å². The summed E-state index contributed by atoms with van der Waals surface area (Å²) < 4.78 is 18.7. The number of H-pyrrole nitrogens is 1. The Hall–Kier alpha value is -2.87. The van der Waals surface area contributed by atoms with E-state index < -0.39 is 5.82 Å². The Labute approximate surface area is 160 Å². The third-order valence-electron chi connectivity index (χ3n) is 4.61. The van der Waals surface area contributed by atoms with E-state index in [1.165, 1.54) is 19.2 Å². The number of ether oxygens (including phenoxy) is 1. The standard InChI is InChI=1S/C19H19FN4O2S/c1-26-16-5-4-12(9-14(16)20)19(25)21-13-6-7-24(11-13)18-10-15(22-23-18)17-3-2-8-27-17/h2-5,8-10,13H,6-7,11H2,1H3,(H,21,25)(H,22,23). The van der Waals surface area contributed by atoms with Crippen molar-refractivity contribution in [3.05, 3.63) is 53.2 Å². The first kappa shape index (κ1) is 17.5. The van der Waals surface area contributed by atoms with Crippen molar-refractivity contribution in [1.82, 2.24) is 15.5 Å². The molecule has 8 heteroatoms. The van der Waals surface area contributed by atoms with Crippen molar-refractivity contribution < 1.29 is 13.9 Å². The molecule has 0 aliphatic carbocycles. The highest BCUT2D eigenvalue weighted by atomic mass is 32.1. The molecule has 140 valence electrons. The lowest BCUT2D eigenvalue weighted by Crippen LogP contribution is -2.37. The average molecular weight is 386 g/mol. The van der Waals surface area contributed by atoms with Crippen molar-refractivity contribution in [1.29, 1.82) is 0 Å². The summed E-state index contributed by atoms with van der Waals surface area (Å²) >= 11 is 1.66. The topological polar surface area (TPSA) is 70.2 Å². The number of thiophene rings is 1. The van der Waals surface area contributed by atoms with Crippen LogP contribution in [0, 0.1) is 5.82 Å². The van der Waals surface area contributed by atoms with Crippen LogP contribution in [0.25, 0.3) is 10.6 Å². The van der Waals surface area contributed by atoms with Crippen molar-refractivity contribution in [3.8, 4) is 16.3 Å². The van der Waals surface area contributed by atoms with E-state index in [0.29, 0.717) is 6.54 Å². The number of methoxy groups -OCH3 is 1. The molecule has 1 unspecified atom stereocenters. The number of rotatable bonds is 5. The van der Waals surface area contributed by atoms with Crippen LogP contribution in [0.5, 0.6) is 5.75 Å². The Bertz CT molecular complexity index is 941. The monoisotopic (exact) mass is 386 g/mol. The van der Waals surface area contributed by atoms with Crippen LogP contribution in [-0.4, -0.2) is 42.3 Å². The van der Waals surface area contributed by atoms with Crippen LogP contribution >= 0.6 is 11.3 Å². The first-order chi connectivity index (χ1) is 13.1. The smallest absolute Gasteiger partial charge is 0.251 e. The summed E-state index contributed by atoms with van der Waals surface area (Å²) in [4.78, 5) is 15.7. The minimum absolute atomic E-state index is 0.00968. The Morgan fingerprint density at radius 3 is 3.04 bits per heavy atom. The van der Waals surface area contributed by atoms with Gasteiger partial charge in [-0.15, -0.1) is 11.3 Å². The van der Waals surface area contributed by atoms with Gasteiger partial charge in [-0.1, -0.05) is 6.07 Å². The van der Waals surface area contributed by atoms with E-state index in [2.05, 4.69) is 20.4 Å². The number of amides is 1. The SMILES string of the molecule is COc1ccc(C(=O)NC2CCN(c3cc(-c4cccs4)[nH]n3)C2)cc1F. The molecule has 2 N–H and O–H groups in total. The summed E-state index contributed by atoms with van der Waals surface area (Å²) in [7, 11) is 1.39. The number of hydrogen-bond acceptors (Lipinski definition) is 5. The van der Waals surface area contributed by atoms with Crippen molar-refractivity contribution in [2.24, 2.45) is 0 Å². The molecule has 27 heavy (non-hydrogen) atoms. The second-order valence-corrected chi connectivity index (χ2v) is 7.32. The van der Waals surface area contributed by atoms with Crippen molar-refractivity contribution in [3.63, 3.8) is 0 Å². The van der Waals surface area contributed by atoms with Crippen molar-refractivity contribution in [2.75, 3.05) is 25.1 Å². The highest BCUT2D eigenvalue weighted by Crippen LogP contribution is 2.27. The quantitative estimate of drug-likeness (QED) is 0.706. The number of carbonyl (C=O) groups excluding carboxylic acids is 1. The van der Waals surface area contributed by atoms with Gasteiger partial charge < -0.3 is 15.0 Å². The van der Waals surface area contributed by atoms with Crippen LogP contribution in [0.3, 0.4) is 0 Å². The molecule has 2 aromatic heterocycles. The summed E-state index contributed by atoms with van der Waals surface area (Å²) in [6, 6.07) is 10.3. The van der Waals surface area contributed by atoms with Crippen LogP contribution in [-0.2, 0) is 0 Å². The van der Waals surface area contributed by atoms with Crippen LogP contribution in [0.4, 0.5) is 10.2 Å². The largest absolute Gasteiger partial charge is 0.494 e. The normalized spacial score (nSPS) is 16.5. The van der Waals surface area contributed by atoms with Gasteiger partial charge in [0, 0.05) is 30.8 Å². The first-order valence-corrected chi connectivity index (χ1v) is 9.50. The number of halogens is 1. The molecule has 1 fully saturated rings. The van der Waals surface area contributed by atoms with Gasteiger partial charge in [0.1, 0.15) is 0 Å². The number of hydrogen-bond donors (Lipinski definition) is 2. The number of carbonyl (C=O) groups is 1. The van der Waals surface area contributed by atoms with Crippen LogP contribution in [0.2, 0.25) is 0 Å². The number of aromatic amines is 1. The van der Waals surface area contributed by atoms with Gasteiger partial charge in [0.25, 0.3) is 5.91 Å². The fourth-order valence-corrected chi connectivity index (χ4v) is 3.89.